The Labute approximate surface area is 108 Å². The molecular weight excluding hydrogens is 228 g/mol. The summed E-state index contributed by atoms with van der Waals surface area (Å²) >= 11 is 0. The van der Waals surface area contributed by atoms with E-state index in [1.54, 1.807) is 0 Å². The third-order valence-electron chi connectivity index (χ3n) is 3.04. The number of hydrogen-bond donors (Lipinski definition) is 2. The average Bonchev–Trinajstić information content (AvgIpc) is 2.91. The van der Waals surface area contributed by atoms with Crippen molar-refractivity contribution in [1.82, 2.24) is 5.32 Å². The molecule has 0 bridgehead atoms. The van der Waals surface area contributed by atoms with Crippen LogP contribution in [0.25, 0.3) is 0 Å². The molecule has 1 atom stereocenters. The van der Waals surface area contributed by atoms with Crippen molar-refractivity contribution in [3.8, 4) is 0 Å². The van der Waals surface area contributed by atoms with E-state index < -0.39 is 0 Å². The Morgan fingerprint density at radius 3 is 2.89 bits per heavy atom. The Morgan fingerprint density at radius 2 is 2.17 bits per heavy atom. The SMILES string of the molecule is O=C(CNc1ccccc1)NCCC1CCCO1. The van der Waals surface area contributed by atoms with Gasteiger partial charge in [-0.15, -0.1) is 0 Å². The van der Waals surface area contributed by atoms with Crippen LogP contribution in [0.3, 0.4) is 0 Å². The Hall–Kier alpha value is -1.55. The molecule has 1 unspecified atom stereocenters. The molecule has 1 aromatic carbocycles. The number of hydrogen-bond acceptors (Lipinski definition) is 3. The number of ether oxygens (including phenoxy) is 1. The zero-order valence-corrected chi connectivity index (χ0v) is 10.5. The van der Waals surface area contributed by atoms with E-state index in [4.69, 9.17) is 4.74 Å². The zero-order valence-electron chi connectivity index (χ0n) is 10.5. The maximum atomic E-state index is 11.6. The number of carbonyl (C=O) groups is 1. The third kappa shape index (κ3) is 4.37. The molecule has 4 nitrogen and oxygen atoms in total. The van der Waals surface area contributed by atoms with Crippen molar-refractivity contribution in [2.45, 2.75) is 25.4 Å². The summed E-state index contributed by atoms with van der Waals surface area (Å²) in [5, 5.41) is 5.98. The highest BCUT2D eigenvalue weighted by Crippen LogP contribution is 2.14. The van der Waals surface area contributed by atoms with Crippen molar-refractivity contribution in [2.75, 3.05) is 25.0 Å². The fraction of sp³-hybridized carbons (Fsp3) is 0.500. The molecule has 2 N–H and O–H groups in total. The number of carbonyl (C=O) groups excluding carboxylic acids is 1. The van der Waals surface area contributed by atoms with Crippen LogP contribution >= 0.6 is 0 Å². The van der Waals surface area contributed by atoms with Crippen LogP contribution in [0.1, 0.15) is 19.3 Å². The Balaban J connectivity index is 1.57. The molecule has 0 aliphatic carbocycles. The van der Waals surface area contributed by atoms with E-state index in [0.717, 1.165) is 31.6 Å². The van der Waals surface area contributed by atoms with Gasteiger partial charge in [-0.3, -0.25) is 4.79 Å². The summed E-state index contributed by atoms with van der Waals surface area (Å²) in [6, 6.07) is 9.72. The number of benzene rings is 1. The van der Waals surface area contributed by atoms with Gasteiger partial charge in [0.15, 0.2) is 0 Å². The average molecular weight is 248 g/mol. The van der Waals surface area contributed by atoms with Gasteiger partial charge >= 0.3 is 0 Å². The van der Waals surface area contributed by atoms with Gasteiger partial charge in [-0.25, -0.2) is 0 Å². The first-order valence-electron chi connectivity index (χ1n) is 6.52. The smallest absolute Gasteiger partial charge is 0.239 e. The van der Waals surface area contributed by atoms with E-state index in [2.05, 4.69) is 10.6 Å². The van der Waals surface area contributed by atoms with E-state index >= 15 is 0 Å². The third-order valence-corrected chi connectivity index (χ3v) is 3.04. The van der Waals surface area contributed by atoms with Crippen LogP contribution in [0.15, 0.2) is 30.3 Å². The van der Waals surface area contributed by atoms with Gasteiger partial charge in [0.05, 0.1) is 12.6 Å². The summed E-state index contributed by atoms with van der Waals surface area (Å²) in [6.07, 6.45) is 3.52. The van der Waals surface area contributed by atoms with Gasteiger partial charge < -0.3 is 15.4 Å². The van der Waals surface area contributed by atoms with Crippen molar-refractivity contribution < 1.29 is 9.53 Å². The standard InChI is InChI=1S/C14H20N2O2/c17-14(11-16-12-5-2-1-3-6-12)15-9-8-13-7-4-10-18-13/h1-3,5-6,13,16H,4,7-11H2,(H,15,17). The Morgan fingerprint density at radius 1 is 1.33 bits per heavy atom. The fourth-order valence-electron chi connectivity index (χ4n) is 2.05. The van der Waals surface area contributed by atoms with E-state index in [1.165, 1.54) is 0 Å². The van der Waals surface area contributed by atoms with Crippen LogP contribution in [0.2, 0.25) is 0 Å². The van der Waals surface area contributed by atoms with Gasteiger partial charge in [0.2, 0.25) is 5.91 Å². The van der Waals surface area contributed by atoms with Crippen molar-refractivity contribution in [1.29, 1.82) is 0 Å². The number of rotatable bonds is 6. The van der Waals surface area contributed by atoms with E-state index in [1.807, 2.05) is 30.3 Å². The lowest BCUT2D eigenvalue weighted by molar-refractivity contribution is -0.119. The van der Waals surface area contributed by atoms with E-state index in [0.29, 0.717) is 19.2 Å². The normalized spacial score (nSPS) is 18.6. The molecule has 0 spiro atoms. The first-order valence-corrected chi connectivity index (χ1v) is 6.52. The molecule has 1 aliphatic heterocycles. The number of nitrogens with one attached hydrogen (secondary N) is 2. The molecule has 1 amide bonds. The lowest BCUT2D eigenvalue weighted by Crippen LogP contribution is -2.32. The highest BCUT2D eigenvalue weighted by atomic mass is 16.5. The summed E-state index contributed by atoms with van der Waals surface area (Å²) in [5.74, 6) is 0.0249. The molecule has 0 saturated carbocycles. The quantitative estimate of drug-likeness (QED) is 0.807. The van der Waals surface area contributed by atoms with Crippen LogP contribution in [0.4, 0.5) is 5.69 Å². The summed E-state index contributed by atoms with van der Waals surface area (Å²) in [4.78, 5) is 11.6. The highest BCUT2D eigenvalue weighted by Gasteiger charge is 2.14. The first-order chi connectivity index (χ1) is 8.84. The van der Waals surface area contributed by atoms with Crippen molar-refractivity contribution in [3.63, 3.8) is 0 Å². The zero-order chi connectivity index (χ0) is 12.6. The Kier molecular flexibility index (Phi) is 5.02. The van der Waals surface area contributed by atoms with Gasteiger partial charge in [-0.2, -0.15) is 0 Å². The fourth-order valence-corrected chi connectivity index (χ4v) is 2.05. The molecule has 1 aromatic rings. The molecule has 0 aromatic heterocycles. The highest BCUT2D eigenvalue weighted by molar-refractivity contribution is 5.80. The molecule has 4 heteroatoms. The summed E-state index contributed by atoms with van der Waals surface area (Å²) in [5.41, 5.74) is 0.965. The molecule has 1 saturated heterocycles. The molecule has 0 radical (unpaired) electrons. The molecular formula is C14H20N2O2. The number of anilines is 1. The van der Waals surface area contributed by atoms with Crippen LogP contribution < -0.4 is 10.6 Å². The van der Waals surface area contributed by atoms with Crippen LogP contribution in [-0.4, -0.2) is 31.7 Å². The van der Waals surface area contributed by atoms with E-state index in [-0.39, 0.29) is 5.91 Å². The van der Waals surface area contributed by atoms with Crippen molar-refractivity contribution in [2.24, 2.45) is 0 Å². The predicted octanol–water partition coefficient (Wildman–Crippen LogP) is 1.78. The predicted molar refractivity (Wildman–Crippen MR) is 71.5 cm³/mol. The van der Waals surface area contributed by atoms with Gasteiger partial charge in [-0.05, 0) is 31.4 Å². The minimum absolute atomic E-state index is 0.0249. The molecule has 1 heterocycles. The number of para-hydroxylation sites is 1. The van der Waals surface area contributed by atoms with Crippen LogP contribution in [-0.2, 0) is 9.53 Å². The summed E-state index contributed by atoms with van der Waals surface area (Å²) in [6.45, 7) is 1.88. The topological polar surface area (TPSA) is 50.4 Å². The maximum absolute atomic E-state index is 11.6. The maximum Gasteiger partial charge on any atom is 0.239 e. The monoisotopic (exact) mass is 248 g/mol. The van der Waals surface area contributed by atoms with Gasteiger partial charge in [0, 0.05) is 18.8 Å². The van der Waals surface area contributed by atoms with Gasteiger partial charge in [0.25, 0.3) is 0 Å². The van der Waals surface area contributed by atoms with Crippen LogP contribution in [0, 0.1) is 0 Å². The molecule has 98 valence electrons. The molecule has 2 rings (SSSR count). The lowest BCUT2D eigenvalue weighted by atomic mass is 10.2. The van der Waals surface area contributed by atoms with Crippen molar-refractivity contribution >= 4 is 11.6 Å². The van der Waals surface area contributed by atoms with E-state index in [9.17, 15) is 4.79 Å². The second-order valence-corrected chi connectivity index (χ2v) is 4.49. The lowest BCUT2D eigenvalue weighted by Gasteiger charge is -2.10. The second kappa shape index (κ2) is 7.01. The molecule has 18 heavy (non-hydrogen) atoms. The molecule has 1 aliphatic rings. The largest absolute Gasteiger partial charge is 0.378 e. The second-order valence-electron chi connectivity index (χ2n) is 4.49. The minimum Gasteiger partial charge on any atom is -0.378 e. The number of amides is 1. The minimum atomic E-state index is 0.0249. The first kappa shape index (κ1) is 12.9. The van der Waals surface area contributed by atoms with Gasteiger partial charge in [0.1, 0.15) is 0 Å². The molecule has 1 fully saturated rings. The summed E-state index contributed by atoms with van der Waals surface area (Å²) < 4.78 is 5.50. The van der Waals surface area contributed by atoms with Crippen molar-refractivity contribution in [3.05, 3.63) is 30.3 Å². The van der Waals surface area contributed by atoms with Crippen LogP contribution in [0.5, 0.6) is 0 Å². The summed E-state index contributed by atoms with van der Waals surface area (Å²) in [7, 11) is 0. The Bertz CT molecular complexity index is 361. The van der Waals surface area contributed by atoms with Gasteiger partial charge in [-0.1, -0.05) is 18.2 Å².